The molecule has 0 radical (unpaired) electrons. The molecule has 1 aliphatic rings. The van der Waals surface area contributed by atoms with Gasteiger partial charge in [0, 0.05) is 0 Å². The third-order valence-electron chi connectivity index (χ3n) is 2.77. The van der Waals surface area contributed by atoms with Crippen LogP contribution in [0.5, 0.6) is 0 Å². The van der Waals surface area contributed by atoms with Gasteiger partial charge in [0.2, 0.25) is 0 Å². The summed E-state index contributed by atoms with van der Waals surface area (Å²) in [6.45, 7) is 10.3. The summed E-state index contributed by atoms with van der Waals surface area (Å²) < 4.78 is 0. The van der Waals surface area contributed by atoms with Crippen molar-refractivity contribution in [3.05, 3.63) is 0 Å². The van der Waals surface area contributed by atoms with Crippen molar-refractivity contribution in [3.8, 4) is 0 Å². The van der Waals surface area contributed by atoms with Crippen molar-refractivity contribution >= 4 is 0 Å². The van der Waals surface area contributed by atoms with Gasteiger partial charge in [-0.3, -0.25) is 0 Å². The van der Waals surface area contributed by atoms with Crippen LogP contribution in [0, 0.1) is 11.8 Å². The van der Waals surface area contributed by atoms with Gasteiger partial charge in [0.25, 0.3) is 0 Å². The maximum absolute atomic E-state index is 3.35. The molecule has 0 unspecified atom stereocenters. The van der Waals surface area contributed by atoms with E-state index >= 15 is 0 Å². The standard InChI is InChI=1S/C7H16N2.C5H12/c1-8-6-7-2-4-9-5-3-7;1-4-5(2)3/h7-9H,2-6H2,1H3;5H,4H2,1-3H3. The topological polar surface area (TPSA) is 24.1 Å². The molecule has 0 aromatic heterocycles. The van der Waals surface area contributed by atoms with Gasteiger partial charge in [-0.15, -0.1) is 0 Å². The zero-order chi connectivity index (χ0) is 10.8. The van der Waals surface area contributed by atoms with Crippen LogP contribution in [0.15, 0.2) is 0 Å². The summed E-state index contributed by atoms with van der Waals surface area (Å²) in [4.78, 5) is 0. The highest BCUT2D eigenvalue weighted by Crippen LogP contribution is 2.08. The van der Waals surface area contributed by atoms with Crippen molar-refractivity contribution in [2.75, 3.05) is 26.7 Å². The van der Waals surface area contributed by atoms with E-state index in [9.17, 15) is 0 Å². The average Bonchev–Trinajstić information content (AvgIpc) is 2.21. The molecule has 0 atom stereocenters. The number of piperidine rings is 1. The third kappa shape index (κ3) is 8.52. The van der Waals surface area contributed by atoms with Crippen LogP contribution < -0.4 is 10.6 Å². The summed E-state index contributed by atoms with van der Waals surface area (Å²) >= 11 is 0. The minimum absolute atomic E-state index is 0.884. The van der Waals surface area contributed by atoms with E-state index in [0.717, 1.165) is 11.8 Å². The second-order valence-electron chi connectivity index (χ2n) is 4.55. The smallest absolute Gasteiger partial charge is 0.00226 e. The first-order valence-electron chi connectivity index (χ1n) is 6.06. The van der Waals surface area contributed by atoms with Crippen LogP contribution in [0.25, 0.3) is 0 Å². The van der Waals surface area contributed by atoms with Gasteiger partial charge >= 0.3 is 0 Å². The van der Waals surface area contributed by atoms with E-state index < -0.39 is 0 Å². The van der Waals surface area contributed by atoms with Gasteiger partial charge in [-0.2, -0.15) is 0 Å². The van der Waals surface area contributed by atoms with Crippen LogP contribution in [0.4, 0.5) is 0 Å². The van der Waals surface area contributed by atoms with Gasteiger partial charge in [0.15, 0.2) is 0 Å². The van der Waals surface area contributed by atoms with Crippen LogP contribution in [-0.4, -0.2) is 26.7 Å². The second-order valence-corrected chi connectivity index (χ2v) is 4.55. The maximum atomic E-state index is 3.35. The van der Waals surface area contributed by atoms with Crippen molar-refractivity contribution < 1.29 is 0 Å². The Balaban J connectivity index is 0.000000292. The molecule has 0 saturated carbocycles. The molecule has 0 aliphatic carbocycles. The van der Waals surface area contributed by atoms with E-state index in [0.29, 0.717) is 0 Å². The van der Waals surface area contributed by atoms with Gasteiger partial charge in [-0.05, 0) is 51.4 Å². The fourth-order valence-electron chi connectivity index (χ4n) is 1.37. The molecular weight excluding hydrogens is 172 g/mol. The van der Waals surface area contributed by atoms with Crippen LogP contribution in [0.1, 0.15) is 40.0 Å². The number of nitrogens with one attached hydrogen (secondary N) is 2. The zero-order valence-electron chi connectivity index (χ0n) is 10.4. The monoisotopic (exact) mass is 200 g/mol. The van der Waals surface area contributed by atoms with E-state index in [1.54, 1.807) is 0 Å². The maximum Gasteiger partial charge on any atom is -0.00226 e. The fraction of sp³-hybridized carbons (Fsp3) is 1.00. The van der Waals surface area contributed by atoms with E-state index in [-0.39, 0.29) is 0 Å². The number of rotatable bonds is 3. The van der Waals surface area contributed by atoms with Gasteiger partial charge in [0.1, 0.15) is 0 Å². The summed E-state index contributed by atoms with van der Waals surface area (Å²) in [5.74, 6) is 1.81. The quantitative estimate of drug-likeness (QED) is 0.730. The van der Waals surface area contributed by atoms with E-state index in [1.807, 2.05) is 7.05 Å². The average molecular weight is 200 g/mol. The molecule has 1 heterocycles. The lowest BCUT2D eigenvalue weighted by Gasteiger charge is -2.21. The molecule has 0 aromatic carbocycles. The van der Waals surface area contributed by atoms with Gasteiger partial charge in [0.05, 0.1) is 0 Å². The summed E-state index contributed by atoms with van der Waals surface area (Å²) in [5.41, 5.74) is 0. The van der Waals surface area contributed by atoms with Crippen molar-refractivity contribution in [2.45, 2.75) is 40.0 Å². The summed E-state index contributed by atoms with van der Waals surface area (Å²) in [6.07, 6.45) is 4.00. The van der Waals surface area contributed by atoms with Crippen molar-refractivity contribution in [2.24, 2.45) is 11.8 Å². The van der Waals surface area contributed by atoms with E-state index in [4.69, 9.17) is 0 Å². The van der Waals surface area contributed by atoms with Crippen molar-refractivity contribution in [1.29, 1.82) is 0 Å². The molecule has 0 aromatic rings. The predicted octanol–water partition coefficient (Wildman–Crippen LogP) is 2.26. The highest BCUT2D eigenvalue weighted by molar-refractivity contribution is 4.69. The lowest BCUT2D eigenvalue weighted by Crippen LogP contribution is -2.32. The molecule has 2 N–H and O–H groups in total. The third-order valence-corrected chi connectivity index (χ3v) is 2.77. The Kier molecular flexibility index (Phi) is 9.42. The summed E-state index contributed by atoms with van der Waals surface area (Å²) in [6, 6.07) is 0. The number of hydrogen-bond acceptors (Lipinski definition) is 2. The molecule has 1 fully saturated rings. The first-order chi connectivity index (χ1) is 6.70. The molecule has 0 amide bonds. The van der Waals surface area contributed by atoms with Crippen LogP contribution in [-0.2, 0) is 0 Å². The molecular formula is C12H28N2. The Morgan fingerprint density at radius 1 is 1.29 bits per heavy atom. The van der Waals surface area contributed by atoms with Crippen LogP contribution in [0.3, 0.4) is 0 Å². The largest absolute Gasteiger partial charge is 0.319 e. The lowest BCUT2D eigenvalue weighted by molar-refractivity contribution is 0.365. The highest BCUT2D eigenvalue weighted by atomic mass is 14.9. The lowest BCUT2D eigenvalue weighted by atomic mass is 9.98. The minimum Gasteiger partial charge on any atom is -0.319 e. The zero-order valence-corrected chi connectivity index (χ0v) is 10.4. The molecule has 0 spiro atoms. The first-order valence-corrected chi connectivity index (χ1v) is 6.06. The van der Waals surface area contributed by atoms with E-state index in [1.165, 1.54) is 38.9 Å². The van der Waals surface area contributed by atoms with Crippen LogP contribution in [0.2, 0.25) is 0 Å². The SMILES string of the molecule is CCC(C)C.CNCC1CCNCC1. The van der Waals surface area contributed by atoms with Gasteiger partial charge in [-0.25, -0.2) is 0 Å². The minimum atomic E-state index is 0.884. The van der Waals surface area contributed by atoms with E-state index in [2.05, 4.69) is 31.4 Å². The normalized spacial score (nSPS) is 17.8. The summed E-state index contributed by atoms with van der Waals surface area (Å²) in [5, 5.41) is 6.55. The molecule has 2 heteroatoms. The number of hydrogen-bond donors (Lipinski definition) is 2. The molecule has 0 bridgehead atoms. The molecule has 1 saturated heterocycles. The van der Waals surface area contributed by atoms with Crippen molar-refractivity contribution in [3.63, 3.8) is 0 Å². The molecule has 86 valence electrons. The molecule has 14 heavy (non-hydrogen) atoms. The highest BCUT2D eigenvalue weighted by Gasteiger charge is 2.10. The Morgan fingerprint density at radius 2 is 1.79 bits per heavy atom. The van der Waals surface area contributed by atoms with Crippen LogP contribution >= 0.6 is 0 Å². The second kappa shape index (κ2) is 9.47. The predicted molar refractivity (Wildman–Crippen MR) is 64.6 cm³/mol. The van der Waals surface area contributed by atoms with Crippen molar-refractivity contribution in [1.82, 2.24) is 10.6 Å². The summed E-state index contributed by atoms with van der Waals surface area (Å²) in [7, 11) is 2.03. The first kappa shape index (κ1) is 13.9. The Labute approximate surface area is 89.9 Å². The molecule has 1 aliphatic heterocycles. The van der Waals surface area contributed by atoms with Gasteiger partial charge in [-0.1, -0.05) is 27.2 Å². The fourth-order valence-corrected chi connectivity index (χ4v) is 1.37. The Bertz CT molecular complexity index is 104. The Hall–Kier alpha value is -0.0800. The Morgan fingerprint density at radius 3 is 2.14 bits per heavy atom. The van der Waals surface area contributed by atoms with Gasteiger partial charge < -0.3 is 10.6 Å². The molecule has 1 rings (SSSR count). The molecule has 2 nitrogen and oxygen atoms in total.